The number of para-hydroxylation sites is 1. The molecule has 1 aromatic heterocycles. The van der Waals surface area contributed by atoms with E-state index in [-0.39, 0.29) is 5.41 Å². The fraction of sp³-hybridized carbons (Fsp3) is 0.591. The maximum Gasteiger partial charge on any atom is 0.0727 e. The molecule has 5 heteroatoms. The van der Waals surface area contributed by atoms with Crippen molar-refractivity contribution in [1.82, 2.24) is 24.9 Å². The molecule has 1 unspecified atom stereocenters. The zero-order valence-electron chi connectivity index (χ0n) is 17.0. The molecule has 2 aromatic rings. The minimum Gasteiger partial charge on any atom is -0.314 e. The van der Waals surface area contributed by atoms with Gasteiger partial charge in [-0.05, 0) is 18.6 Å². The molecule has 2 fully saturated rings. The first-order chi connectivity index (χ1) is 13.0. The Hall–Kier alpha value is -1.69. The molecule has 4 rings (SSSR count). The van der Waals surface area contributed by atoms with E-state index >= 15 is 0 Å². The van der Waals surface area contributed by atoms with Gasteiger partial charge in [0.25, 0.3) is 0 Å². The van der Waals surface area contributed by atoms with Gasteiger partial charge in [0.2, 0.25) is 0 Å². The fourth-order valence-corrected chi connectivity index (χ4v) is 4.41. The lowest BCUT2D eigenvalue weighted by Crippen LogP contribution is -2.49. The molecule has 27 heavy (non-hydrogen) atoms. The van der Waals surface area contributed by atoms with Crippen LogP contribution in [0.25, 0.3) is 5.69 Å². The molecule has 0 amide bonds. The zero-order chi connectivity index (χ0) is 18.9. The van der Waals surface area contributed by atoms with Crippen molar-refractivity contribution in [2.45, 2.75) is 45.2 Å². The van der Waals surface area contributed by atoms with E-state index in [0.717, 1.165) is 25.3 Å². The van der Waals surface area contributed by atoms with E-state index in [1.165, 1.54) is 43.9 Å². The highest BCUT2D eigenvalue weighted by Gasteiger charge is 2.30. The van der Waals surface area contributed by atoms with E-state index < -0.39 is 0 Å². The second-order valence-corrected chi connectivity index (χ2v) is 9.00. The van der Waals surface area contributed by atoms with Gasteiger partial charge in [-0.1, -0.05) is 39.0 Å². The van der Waals surface area contributed by atoms with Crippen molar-refractivity contribution >= 4 is 0 Å². The summed E-state index contributed by atoms with van der Waals surface area (Å²) < 4.78 is 2.06. The minimum atomic E-state index is 0.0486. The van der Waals surface area contributed by atoms with Gasteiger partial charge >= 0.3 is 0 Å². The monoisotopic (exact) mass is 367 g/mol. The van der Waals surface area contributed by atoms with Crippen LogP contribution in [-0.4, -0.2) is 64.9 Å². The smallest absolute Gasteiger partial charge is 0.0727 e. The van der Waals surface area contributed by atoms with Gasteiger partial charge in [-0.2, -0.15) is 5.10 Å². The van der Waals surface area contributed by atoms with Gasteiger partial charge in [-0.15, -0.1) is 0 Å². The van der Waals surface area contributed by atoms with Crippen LogP contribution in [0.5, 0.6) is 0 Å². The van der Waals surface area contributed by atoms with Gasteiger partial charge in [0.1, 0.15) is 0 Å². The van der Waals surface area contributed by atoms with Crippen LogP contribution in [0, 0.1) is 0 Å². The lowest BCUT2D eigenvalue weighted by Gasteiger charge is -2.32. The van der Waals surface area contributed by atoms with E-state index in [1.54, 1.807) is 0 Å². The Morgan fingerprint density at radius 3 is 2.52 bits per heavy atom. The maximum absolute atomic E-state index is 4.97. The van der Waals surface area contributed by atoms with Crippen LogP contribution in [-0.2, 0) is 12.0 Å². The van der Waals surface area contributed by atoms with Gasteiger partial charge in [0.05, 0.1) is 11.4 Å². The minimum absolute atomic E-state index is 0.0486. The highest BCUT2D eigenvalue weighted by molar-refractivity contribution is 5.34. The molecular formula is C22H33N5. The highest BCUT2D eigenvalue weighted by Crippen LogP contribution is 2.28. The van der Waals surface area contributed by atoms with Crippen molar-refractivity contribution in [3.05, 3.63) is 47.8 Å². The van der Waals surface area contributed by atoms with E-state index in [2.05, 4.69) is 77.1 Å². The average molecular weight is 368 g/mol. The molecule has 1 aromatic carbocycles. The molecule has 2 aliphatic heterocycles. The van der Waals surface area contributed by atoms with Crippen LogP contribution in [0.1, 0.15) is 38.4 Å². The van der Waals surface area contributed by atoms with Crippen LogP contribution in [0.15, 0.2) is 36.5 Å². The largest absolute Gasteiger partial charge is 0.314 e. The highest BCUT2D eigenvalue weighted by atomic mass is 15.3. The molecule has 146 valence electrons. The number of nitrogens with one attached hydrogen (secondary N) is 1. The van der Waals surface area contributed by atoms with E-state index in [0.29, 0.717) is 6.04 Å². The topological polar surface area (TPSA) is 36.3 Å². The molecule has 2 aliphatic rings. The summed E-state index contributed by atoms with van der Waals surface area (Å²) in [6, 6.07) is 11.2. The third-order valence-corrected chi connectivity index (χ3v) is 5.83. The summed E-state index contributed by atoms with van der Waals surface area (Å²) in [7, 11) is 0. The normalized spacial score (nSPS) is 22.4. The number of hydrogen-bond acceptors (Lipinski definition) is 4. The number of hydrogen-bond donors (Lipinski definition) is 1. The quantitative estimate of drug-likeness (QED) is 0.901. The van der Waals surface area contributed by atoms with Crippen LogP contribution in [0.2, 0.25) is 0 Å². The predicted molar refractivity (Wildman–Crippen MR) is 110 cm³/mol. The number of nitrogens with zero attached hydrogens (tertiary/aromatic N) is 4. The standard InChI is InChI=1S/C22H33N5/c1-22(2,3)21-18(16-27(24-21)19-7-5-4-6-8-19)15-25-12-9-20(17-25)26-13-10-23-11-14-26/h4-8,16,20,23H,9-15,17H2,1-3H3. The van der Waals surface area contributed by atoms with Gasteiger partial charge in [0, 0.05) is 69.0 Å². The Balaban J connectivity index is 1.50. The molecule has 1 N–H and O–H groups in total. The molecule has 0 radical (unpaired) electrons. The second kappa shape index (κ2) is 7.74. The number of likely N-dealkylation sites (tertiary alicyclic amines) is 1. The number of benzene rings is 1. The summed E-state index contributed by atoms with van der Waals surface area (Å²) in [5.74, 6) is 0. The molecular weight excluding hydrogens is 334 g/mol. The molecule has 1 atom stereocenters. The molecule has 0 aliphatic carbocycles. The third-order valence-electron chi connectivity index (χ3n) is 5.83. The van der Waals surface area contributed by atoms with Crippen molar-refractivity contribution in [3.63, 3.8) is 0 Å². The van der Waals surface area contributed by atoms with Gasteiger partial charge < -0.3 is 5.32 Å². The Bertz CT molecular complexity index is 740. The molecule has 0 bridgehead atoms. The number of rotatable bonds is 4. The number of piperazine rings is 1. The van der Waals surface area contributed by atoms with Crippen LogP contribution < -0.4 is 5.32 Å². The summed E-state index contributed by atoms with van der Waals surface area (Å²) in [5, 5.41) is 8.44. The van der Waals surface area contributed by atoms with Crippen molar-refractivity contribution in [2.75, 3.05) is 39.3 Å². The first kappa shape index (κ1) is 18.7. The fourth-order valence-electron chi connectivity index (χ4n) is 4.41. The van der Waals surface area contributed by atoms with Crippen LogP contribution in [0.3, 0.4) is 0 Å². The first-order valence-corrected chi connectivity index (χ1v) is 10.3. The summed E-state index contributed by atoms with van der Waals surface area (Å²) in [4.78, 5) is 5.29. The predicted octanol–water partition coefficient (Wildman–Crippen LogP) is 2.65. The number of aromatic nitrogens is 2. The van der Waals surface area contributed by atoms with Crippen LogP contribution in [0.4, 0.5) is 0 Å². The average Bonchev–Trinajstić information content (AvgIpc) is 3.31. The molecule has 5 nitrogen and oxygen atoms in total. The van der Waals surface area contributed by atoms with E-state index in [4.69, 9.17) is 5.10 Å². The molecule has 0 saturated carbocycles. The third kappa shape index (κ3) is 4.26. The Labute approximate surface area is 163 Å². The molecule has 0 spiro atoms. The summed E-state index contributed by atoms with van der Waals surface area (Å²) in [5.41, 5.74) is 3.77. The Kier molecular flexibility index (Phi) is 5.35. The Morgan fingerprint density at radius 2 is 1.81 bits per heavy atom. The van der Waals surface area contributed by atoms with Gasteiger partial charge in [-0.3, -0.25) is 9.80 Å². The lowest BCUT2D eigenvalue weighted by molar-refractivity contribution is 0.170. The Morgan fingerprint density at radius 1 is 1.07 bits per heavy atom. The van der Waals surface area contributed by atoms with Crippen molar-refractivity contribution in [1.29, 1.82) is 0 Å². The summed E-state index contributed by atoms with van der Waals surface area (Å²) in [6.07, 6.45) is 3.53. The van der Waals surface area contributed by atoms with Crippen LogP contribution >= 0.6 is 0 Å². The van der Waals surface area contributed by atoms with E-state index in [1.807, 2.05) is 0 Å². The van der Waals surface area contributed by atoms with E-state index in [9.17, 15) is 0 Å². The zero-order valence-corrected chi connectivity index (χ0v) is 17.0. The lowest BCUT2D eigenvalue weighted by atomic mass is 9.89. The SMILES string of the molecule is CC(C)(C)c1nn(-c2ccccc2)cc1CN1CCC(N2CCNCC2)C1. The van der Waals surface area contributed by atoms with Gasteiger partial charge in [0.15, 0.2) is 0 Å². The molecule has 2 saturated heterocycles. The van der Waals surface area contributed by atoms with Crippen molar-refractivity contribution in [3.8, 4) is 5.69 Å². The summed E-state index contributed by atoms with van der Waals surface area (Å²) >= 11 is 0. The van der Waals surface area contributed by atoms with Crippen molar-refractivity contribution in [2.24, 2.45) is 0 Å². The van der Waals surface area contributed by atoms with Gasteiger partial charge in [-0.25, -0.2) is 4.68 Å². The summed E-state index contributed by atoms with van der Waals surface area (Å²) in [6.45, 7) is 14.8. The molecule has 3 heterocycles. The second-order valence-electron chi connectivity index (χ2n) is 9.00. The first-order valence-electron chi connectivity index (χ1n) is 10.3. The maximum atomic E-state index is 4.97. The van der Waals surface area contributed by atoms with Crippen molar-refractivity contribution < 1.29 is 0 Å².